The molecule has 1 spiro atoms. The van der Waals surface area contributed by atoms with E-state index < -0.39 is 5.41 Å². The first-order valence-electron chi connectivity index (χ1n) is 8.82. The molecule has 0 radical (unpaired) electrons. The number of benzene rings is 1. The molecule has 1 saturated heterocycles. The van der Waals surface area contributed by atoms with Crippen LogP contribution < -0.4 is 5.32 Å². The van der Waals surface area contributed by atoms with E-state index in [0.29, 0.717) is 38.1 Å². The number of carbonyl (C=O) groups is 2. The van der Waals surface area contributed by atoms with E-state index in [-0.39, 0.29) is 18.4 Å². The summed E-state index contributed by atoms with van der Waals surface area (Å²) in [5.41, 5.74) is 1.44. The Labute approximate surface area is 157 Å². The zero-order valence-corrected chi connectivity index (χ0v) is 15.2. The molecular formula is C20H20N2O3S. The molecule has 1 fully saturated rings. The lowest BCUT2D eigenvalue weighted by Gasteiger charge is -2.38. The third kappa shape index (κ3) is 2.84. The maximum atomic E-state index is 12.6. The van der Waals surface area contributed by atoms with Crippen molar-refractivity contribution in [2.45, 2.75) is 24.7 Å². The van der Waals surface area contributed by atoms with Crippen molar-refractivity contribution >= 4 is 34.6 Å². The van der Waals surface area contributed by atoms with Crippen LogP contribution in [0.5, 0.6) is 0 Å². The number of ether oxygens (including phenoxy) is 1. The monoisotopic (exact) mass is 368 g/mol. The van der Waals surface area contributed by atoms with Gasteiger partial charge in [0.1, 0.15) is 5.76 Å². The summed E-state index contributed by atoms with van der Waals surface area (Å²) in [4.78, 5) is 27.6. The van der Waals surface area contributed by atoms with Crippen molar-refractivity contribution in [1.82, 2.24) is 4.90 Å². The number of piperidine rings is 1. The Bertz CT molecular complexity index is 835. The SMILES string of the molecule is O=C(COC1=CC=CCC1=S)N1CCC2(CC1)C(=O)Nc1ccccc12. The van der Waals surface area contributed by atoms with Gasteiger partial charge < -0.3 is 15.0 Å². The normalized spacial score (nSPS) is 20.6. The molecule has 134 valence electrons. The van der Waals surface area contributed by atoms with Gasteiger partial charge in [0.2, 0.25) is 5.91 Å². The Morgan fingerprint density at radius 3 is 2.81 bits per heavy atom. The number of amides is 2. The fraction of sp³-hybridized carbons (Fsp3) is 0.350. The first kappa shape index (κ1) is 17.0. The molecule has 1 aromatic carbocycles. The molecule has 2 aliphatic heterocycles. The van der Waals surface area contributed by atoms with E-state index in [1.165, 1.54) is 0 Å². The van der Waals surface area contributed by atoms with Crippen LogP contribution in [0.25, 0.3) is 0 Å². The Morgan fingerprint density at radius 1 is 1.27 bits per heavy atom. The maximum Gasteiger partial charge on any atom is 0.260 e. The van der Waals surface area contributed by atoms with Crippen molar-refractivity contribution in [3.8, 4) is 0 Å². The van der Waals surface area contributed by atoms with E-state index in [9.17, 15) is 9.59 Å². The van der Waals surface area contributed by atoms with Gasteiger partial charge in [-0.05, 0) is 30.5 Å². The quantitative estimate of drug-likeness (QED) is 0.834. The van der Waals surface area contributed by atoms with Gasteiger partial charge in [-0.25, -0.2) is 0 Å². The summed E-state index contributed by atoms with van der Waals surface area (Å²) in [6.07, 6.45) is 7.58. The molecule has 0 bridgehead atoms. The van der Waals surface area contributed by atoms with Crippen molar-refractivity contribution < 1.29 is 14.3 Å². The molecule has 1 N–H and O–H groups in total. The average Bonchev–Trinajstić information content (AvgIpc) is 2.93. The first-order valence-corrected chi connectivity index (χ1v) is 9.22. The van der Waals surface area contributed by atoms with Gasteiger partial charge in [-0.3, -0.25) is 9.59 Å². The smallest absolute Gasteiger partial charge is 0.260 e. The van der Waals surface area contributed by atoms with Gasteiger partial charge in [0, 0.05) is 25.2 Å². The number of hydrogen-bond acceptors (Lipinski definition) is 4. The van der Waals surface area contributed by atoms with Gasteiger partial charge in [-0.1, -0.05) is 42.6 Å². The lowest BCUT2D eigenvalue weighted by molar-refractivity contribution is -0.138. The molecule has 6 heteroatoms. The number of para-hydroxylation sites is 1. The van der Waals surface area contributed by atoms with Crippen molar-refractivity contribution in [2.75, 3.05) is 25.0 Å². The summed E-state index contributed by atoms with van der Waals surface area (Å²) in [6.45, 7) is 1.08. The lowest BCUT2D eigenvalue weighted by atomic mass is 9.73. The number of hydrogen-bond donors (Lipinski definition) is 1. The predicted molar refractivity (Wildman–Crippen MR) is 103 cm³/mol. The van der Waals surface area contributed by atoms with Crippen LogP contribution in [-0.2, 0) is 19.7 Å². The molecule has 26 heavy (non-hydrogen) atoms. The third-order valence-corrected chi connectivity index (χ3v) is 5.78. The van der Waals surface area contributed by atoms with Crippen LogP contribution in [0.3, 0.4) is 0 Å². The van der Waals surface area contributed by atoms with Gasteiger partial charge in [0.25, 0.3) is 5.91 Å². The molecule has 0 unspecified atom stereocenters. The molecule has 0 atom stereocenters. The highest BCUT2D eigenvalue weighted by Gasteiger charge is 2.48. The highest BCUT2D eigenvalue weighted by atomic mass is 32.1. The number of thiocarbonyl (C=S) groups is 1. The number of carbonyl (C=O) groups excluding carboxylic acids is 2. The van der Waals surface area contributed by atoms with Crippen LogP contribution in [0.1, 0.15) is 24.8 Å². The minimum Gasteiger partial charge on any atom is -0.483 e. The summed E-state index contributed by atoms with van der Waals surface area (Å²) < 4.78 is 5.60. The summed E-state index contributed by atoms with van der Waals surface area (Å²) in [7, 11) is 0. The zero-order chi connectivity index (χ0) is 18.1. The van der Waals surface area contributed by atoms with E-state index in [1.54, 1.807) is 11.0 Å². The fourth-order valence-electron chi connectivity index (χ4n) is 3.89. The number of anilines is 1. The van der Waals surface area contributed by atoms with Crippen LogP contribution >= 0.6 is 12.2 Å². The molecule has 2 heterocycles. The van der Waals surface area contributed by atoms with Gasteiger partial charge in [0.05, 0.1) is 10.3 Å². The van der Waals surface area contributed by atoms with Crippen molar-refractivity contribution in [1.29, 1.82) is 0 Å². The Morgan fingerprint density at radius 2 is 2.04 bits per heavy atom. The molecule has 4 rings (SSSR count). The second kappa shape index (κ2) is 6.68. The highest BCUT2D eigenvalue weighted by molar-refractivity contribution is 7.80. The number of fused-ring (bicyclic) bond motifs is 2. The second-order valence-electron chi connectivity index (χ2n) is 6.84. The molecular weight excluding hydrogens is 348 g/mol. The first-order chi connectivity index (χ1) is 12.6. The standard InChI is InChI=1S/C20H20N2O3S/c23-18(13-25-16-7-3-4-8-17(16)26)22-11-9-20(10-12-22)14-5-1-2-6-15(14)21-19(20)24/h1-7H,8-13H2,(H,21,24). The second-order valence-corrected chi connectivity index (χ2v) is 7.33. The van der Waals surface area contributed by atoms with Crippen molar-refractivity contribution in [3.63, 3.8) is 0 Å². The molecule has 3 aliphatic rings. The van der Waals surface area contributed by atoms with Crippen LogP contribution in [-0.4, -0.2) is 41.3 Å². The van der Waals surface area contributed by atoms with E-state index >= 15 is 0 Å². The molecule has 5 nitrogen and oxygen atoms in total. The lowest BCUT2D eigenvalue weighted by Crippen LogP contribution is -2.49. The van der Waals surface area contributed by atoms with E-state index in [0.717, 1.165) is 16.1 Å². The topological polar surface area (TPSA) is 58.6 Å². The molecule has 1 aliphatic carbocycles. The molecule has 0 aromatic heterocycles. The maximum absolute atomic E-state index is 12.6. The summed E-state index contributed by atoms with van der Waals surface area (Å²) in [6, 6.07) is 7.83. The Balaban J connectivity index is 1.39. The predicted octanol–water partition coefficient (Wildman–Crippen LogP) is 2.73. The number of likely N-dealkylation sites (tertiary alicyclic amines) is 1. The van der Waals surface area contributed by atoms with Crippen LogP contribution in [0, 0.1) is 0 Å². The number of rotatable bonds is 3. The Hall–Kier alpha value is -2.47. The zero-order valence-electron chi connectivity index (χ0n) is 14.4. The molecule has 1 aromatic rings. The minimum atomic E-state index is -0.507. The largest absolute Gasteiger partial charge is 0.483 e. The van der Waals surface area contributed by atoms with E-state index in [1.807, 2.05) is 36.4 Å². The highest BCUT2D eigenvalue weighted by Crippen LogP contribution is 2.44. The molecule has 2 amide bonds. The molecule has 0 saturated carbocycles. The Kier molecular flexibility index (Phi) is 4.36. The van der Waals surface area contributed by atoms with Gasteiger partial charge in [0.15, 0.2) is 6.61 Å². The fourth-order valence-corrected chi connectivity index (χ4v) is 4.11. The number of nitrogens with one attached hydrogen (secondary N) is 1. The summed E-state index contributed by atoms with van der Waals surface area (Å²) in [5, 5.41) is 2.98. The van der Waals surface area contributed by atoms with Crippen molar-refractivity contribution in [2.24, 2.45) is 0 Å². The van der Waals surface area contributed by atoms with E-state index in [2.05, 4.69) is 5.32 Å². The van der Waals surface area contributed by atoms with Gasteiger partial charge in [-0.15, -0.1) is 0 Å². The van der Waals surface area contributed by atoms with Crippen LogP contribution in [0.2, 0.25) is 0 Å². The van der Waals surface area contributed by atoms with Crippen LogP contribution in [0.4, 0.5) is 5.69 Å². The number of nitrogens with zero attached hydrogens (tertiary/aromatic N) is 1. The summed E-state index contributed by atoms with van der Waals surface area (Å²) >= 11 is 5.24. The van der Waals surface area contributed by atoms with Crippen molar-refractivity contribution in [3.05, 3.63) is 53.8 Å². The van der Waals surface area contributed by atoms with E-state index in [4.69, 9.17) is 17.0 Å². The summed E-state index contributed by atoms with van der Waals surface area (Å²) in [5.74, 6) is 0.588. The number of allylic oxidation sites excluding steroid dienone is 4. The average molecular weight is 368 g/mol. The minimum absolute atomic E-state index is 0.0183. The third-order valence-electron chi connectivity index (χ3n) is 5.41. The van der Waals surface area contributed by atoms with Crippen LogP contribution in [0.15, 0.2) is 48.3 Å². The van der Waals surface area contributed by atoms with Gasteiger partial charge >= 0.3 is 0 Å². The van der Waals surface area contributed by atoms with Gasteiger partial charge in [-0.2, -0.15) is 0 Å².